The first-order valence-corrected chi connectivity index (χ1v) is 11.0. The normalized spacial score (nSPS) is 10.9. The van der Waals surface area contributed by atoms with Crippen molar-refractivity contribution in [1.29, 1.82) is 0 Å². The fourth-order valence-corrected chi connectivity index (χ4v) is 3.87. The van der Waals surface area contributed by atoms with Gasteiger partial charge in [0.2, 0.25) is 5.89 Å². The standard InChI is InChI=1S/C25H22ClN3O2S/c1-4-16-5-8-22-21(12-16)27-24(31-22)17-6-7-19(26)20(13-17)28-25(32)29-23(30)18-10-14(2)9-15(3)11-18/h5-13H,4H2,1-3H3,(H2,28,29,30,32). The molecular weight excluding hydrogens is 442 g/mol. The smallest absolute Gasteiger partial charge is 0.257 e. The molecule has 32 heavy (non-hydrogen) atoms. The van der Waals surface area contributed by atoms with Gasteiger partial charge in [0.25, 0.3) is 5.91 Å². The van der Waals surface area contributed by atoms with Crippen LogP contribution >= 0.6 is 23.8 Å². The number of nitrogens with zero attached hydrogens (tertiary/aromatic N) is 1. The number of benzene rings is 3. The number of halogens is 1. The molecular formula is C25H22ClN3O2S. The highest BCUT2D eigenvalue weighted by atomic mass is 35.5. The molecule has 0 bridgehead atoms. The highest BCUT2D eigenvalue weighted by Gasteiger charge is 2.14. The molecule has 0 atom stereocenters. The van der Waals surface area contributed by atoms with E-state index in [1.165, 1.54) is 5.56 Å². The van der Waals surface area contributed by atoms with Crippen molar-refractivity contribution in [3.63, 3.8) is 0 Å². The van der Waals surface area contributed by atoms with Crippen LogP contribution in [0.5, 0.6) is 0 Å². The molecule has 2 N–H and O–H groups in total. The maximum absolute atomic E-state index is 12.6. The average Bonchev–Trinajstić information content (AvgIpc) is 3.17. The van der Waals surface area contributed by atoms with Gasteiger partial charge in [-0.05, 0) is 80.5 Å². The van der Waals surface area contributed by atoms with Gasteiger partial charge >= 0.3 is 0 Å². The summed E-state index contributed by atoms with van der Waals surface area (Å²) in [5, 5.41) is 6.31. The number of nitrogens with one attached hydrogen (secondary N) is 2. The Morgan fingerprint density at radius 2 is 1.81 bits per heavy atom. The van der Waals surface area contributed by atoms with Crippen molar-refractivity contribution in [2.45, 2.75) is 27.2 Å². The molecule has 0 saturated heterocycles. The number of carbonyl (C=O) groups is 1. The zero-order chi connectivity index (χ0) is 22.8. The van der Waals surface area contributed by atoms with Crippen LogP contribution in [0.1, 0.15) is 34.0 Å². The van der Waals surface area contributed by atoms with Gasteiger partial charge in [-0.2, -0.15) is 0 Å². The second kappa shape index (κ2) is 9.10. The fourth-order valence-electron chi connectivity index (χ4n) is 3.51. The summed E-state index contributed by atoms with van der Waals surface area (Å²) in [7, 11) is 0. The first kappa shape index (κ1) is 22.0. The lowest BCUT2D eigenvalue weighted by molar-refractivity contribution is 0.0977. The first-order valence-electron chi connectivity index (χ1n) is 10.2. The van der Waals surface area contributed by atoms with Gasteiger partial charge in [0.1, 0.15) is 5.52 Å². The Morgan fingerprint density at radius 3 is 2.53 bits per heavy atom. The number of fused-ring (bicyclic) bond motifs is 1. The van der Waals surface area contributed by atoms with Gasteiger partial charge in [0.05, 0.1) is 10.7 Å². The predicted octanol–water partition coefficient (Wildman–Crippen LogP) is 6.45. The van der Waals surface area contributed by atoms with E-state index in [0.29, 0.717) is 22.2 Å². The van der Waals surface area contributed by atoms with Crippen LogP contribution in [0.2, 0.25) is 5.02 Å². The highest BCUT2D eigenvalue weighted by molar-refractivity contribution is 7.80. The number of hydrogen-bond donors (Lipinski definition) is 2. The summed E-state index contributed by atoms with van der Waals surface area (Å²) in [4.78, 5) is 17.2. The molecule has 0 aliphatic heterocycles. The van der Waals surface area contributed by atoms with Gasteiger partial charge < -0.3 is 9.73 Å². The molecule has 0 aliphatic rings. The van der Waals surface area contributed by atoms with Crippen molar-refractivity contribution < 1.29 is 9.21 Å². The Bertz CT molecular complexity index is 1330. The van der Waals surface area contributed by atoms with E-state index in [4.69, 9.17) is 28.2 Å². The topological polar surface area (TPSA) is 67.2 Å². The summed E-state index contributed by atoms with van der Waals surface area (Å²) < 4.78 is 5.91. The van der Waals surface area contributed by atoms with Gasteiger partial charge in [-0.3, -0.25) is 10.1 Å². The van der Waals surface area contributed by atoms with E-state index in [-0.39, 0.29) is 11.0 Å². The van der Waals surface area contributed by atoms with Gasteiger partial charge in [0, 0.05) is 11.1 Å². The van der Waals surface area contributed by atoms with Crippen molar-refractivity contribution >= 4 is 51.6 Å². The predicted molar refractivity (Wildman–Crippen MR) is 133 cm³/mol. The third kappa shape index (κ3) is 4.82. The van der Waals surface area contributed by atoms with Crippen LogP contribution in [0, 0.1) is 13.8 Å². The molecule has 7 heteroatoms. The molecule has 5 nitrogen and oxygen atoms in total. The van der Waals surface area contributed by atoms with Gasteiger partial charge in [-0.15, -0.1) is 0 Å². The number of oxazole rings is 1. The lowest BCUT2D eigenvalue weighted by Crippen LogP contribution is -2.34. The zero-order valence-corrected chi connectivity index (χ0v) is 19.5. The summed E-state index contributed by atoms with van der Waals surface area (Å²) in [5.41, 5.74) is 6.58. The minimum absolute atomic E-state index is 0.151. The molecule has 1 amide bonds. The molecule has 0 aliphatic carbocycles. The minimum atomic E-state index is -0.285. The van der Waals surface area contributed by atoms with Crippen LogP contribution in [0.25, 0.3) is 22.6 Å². The average molecular weight is 464 g/mol. The molecule has 1 heterocycles. The van der Waals surface area contributed by atoms with Crippen LogP contribution in [-0.4, -0.2) is 16.0 Å². The first-order chi connectivity index (χ1) is 15.3. The van der Waals surface area contributed by atoms with E-state index in [1.807, 2.05) is 56.3 Å². The molecule has 1 aromatic heterocycles. The molecule has 0 fully saturated rings. The Kier molecular flexibility index (Phi) is 6.26. The summed E-state index contributed by atoms with van der Waals surface area (Å²) >= 11 is 11.7. The lowest BCUT2D eigenvalue weighted by atomic mass is 10.1. The number of carbonyl (C=O) groups excluding carboxylic acids is 1. The third-order valence-corrected chi connectivity index (χ3v) is 5.57. The van der Waals surface area contributed by atoms with E-state index in [0.717, 1.165) is 34.2 Å². The monoisotopic (exact) mass is 463 g/mol. The van der Waals surface area contributed by atoms with E-state index in [9.17, 15) is 4.79 Å². The van der Waals surface area contributed by atoms with Gasteiger partial charge in [-0.1, -0.05) is 41.8 Å². The van der Waals surface area contributed by atoms with Crippen molar-refractivity contribution in [1.82, 2.24) is 10.3 Å². The Balaban J connectivity index is 1.54. The summed E-state index contributed by atoms with van der Waals surface area (Å²) in [5.74, 6) is 0.199. The van der Waals surface area contributed by atoms with Crippen molar-refractivity contribution in [2.24, 2.45) is 0 Å². The number of aromatic nitrogens is 1. The van der Waals surface area contributed by atoms with Crippen molar-refractivity contribution in [2.75, 3.05) is 5.32 Å². The van der Waals surface area contributed by atoms with Crippen LogP contribution in [0.15, 0.2) is 59.0 Å². The van der Waals surface area contributed by atoms with Gasteiger partial charge in [0.15, 0.2) is 10.7 Å². The second-order valence-electron chi connectivity index (χ2n) is 7.65. The number of aryl methyl sites for hydroxylation is 3. The maximum Gasteiger partial charge on any atom is 0.257 e. The highest BCUT2D eigenvalue weighted by Crippen LogP contribution is 2.30. The summed E-state index contributed by atoms with van der Waals surface area (Å²) in [6, 6.07) is 17.0. The summed E-state index contributed by atoms with van der Waals surface area (Å²) in [6.07, 6.45) is 0.929. The second-order valence-corrected chi connectivity index (χ2v) is 8.47. The van der Waals surface area contributed by atoms with E-state index < -0.39 is 0 Å². The molecule has 3 aromatic carbocycles. The van der Waals surface area contributed by atoms with Crippen LogP contribution in [-0.2, 0) is 6.42 Å². The quantitative estimate of drug-likeness (QED) is 0.340. The number of rotatable bonds is 4. The zero-order valence-electron chi connectivity index (χ0n) is 18.0. The molecule has 4 aromatic rings. The number of thiocarbonyl (C=S) groups is 1. The largest absolute Gasteiger partial charge is 0.436 e. The Hall–Kier alpha value is -3.22. The van der Waals surface area contributed by atoms with E-state index in [1.54, 1.807) is 12.1 Å². The molecule has 0 radical (unpaired) electrons. The fraction of sp³-hybridized carbons (Fsp3) is 0.160. The van der Waals surface area contributed by atoms with Crippen LogP contribution in [0.3, 0.4) is 0 Å². The Morgan fingerprint density at radius 1 is 1.06 bits per heavy atom. The lowest BCUT2D eigenvalue weighted by Gasteiger charge is -2.12. The summed E-state index contributed by atoms with van der Waals surface area (Å²) in [6.45, 7) is 5.99. The molecule has 0 unspecified atom stereocenters. The Labute approximate surface area is 196 Å². The van der Waals surface area contributed by atoms with E-state index >= 15 is 0 Å². The number of hydrogen-bond acceptors (Lipinski definition) is 4. The molecule has 0 spiro atoms. The minimum Gasteiger partial charge on any atom is -0.436 e. The van der Waals surface area contributed by atoms with E-state index in [2.05, 4.69) is 22.5 Å². The van der Waals surface area contributed by atoms with Crippen LogP contribution in [0.4, 0.5) is 5.69 Å². The van der Waals surface area contributed by atoms with Crippen LogP contribution < -0.4 is 10.6 Å². The number of amides is 1. The molecule has 162 valence electrons. The third-order valence-electron chi connectivity index (χ3n) is 5.03. The van der Waals surface area contributed by atoms with Crippen molar-refractivity contribution in [3.8, 4) is 11.5 Å². The van der Waals surface area contributed by atoms with Gasteiger partial charge in [-0.25, -0.2) is 4.98 Å². The maximum atomic E-state index is 12.6. The molecule has 0 saturated carbocycles. The SMILES string of the molecule is CCc1ccc2oc(-c3ccc(Cl)c(NC(=S)NC(=O)c4cc(C)cc(C)c4)c3)nc2c1. The van der Waals surface area contributed by atoms with Crippen molar-refractivity contribution in [3.05, 3.63) is 81.9 Å². The molecule has 4 rings (SSSR count). The number of anilines is 1.